The number of hydrogen-bond donors (Lipinski definition) is 0. The van der Waals surface area contributed by atoms with E-state index in [-0.39, 0.29) is 0 Å². The Kier molecular flexibility index (Phi) is 2.62. The average Bonchev–Trinajstić information content (AvgIpc) is 2.71. The Hall–Kier alpha value is -0.860. The number of thiophene rings is 1. The topological polar surface area (TPSA) is 12.9 Å². The molecule has 2 aromatic rings. The molecule has 2 heterocycles. The Labute approximate surface area is 86.0 Å². The molecule has 0 spiro atoms. The van der Waals surface area contributed by atoms with Crippen molar-refractivity contribution in [3.8, 4) is 10.6 Å². The smallest absolute Gasteiger partial charge is 0.0801 e. The van der Waals surface area contributed by atoms with Gasteiger partial charge in [0.15, 0.2) is 0 Å². The van der Waals surface area contributed by atoms with Crippen LogP contribution in [0, 0.1) is 0 Å². The van der Waals surface area contributed by atoms with Crippen LogP contribution in [0.1, 0.15) is 5.56 Å². The molecule has 0 aromatic carbocycles. The summed E-state index contributed by atoms with van der Waals surface area (Å²) in [5.41, 5.74) is 2.07. The van der Waals surface area contributed by atoms with E-state index >= 15 is 0 Å². The Morgan fingerprint density at radius 3 is 2.77 bits per heavy atom. The average molecular weight is 210 g/mol. The molecule has 0 saturated heterocycles. The highest BCUT2D eigenvalue weighted by Crippen LogP contribution is 2.22. The van der Waals surface area contributed by atoms with Crippen molar-refractivity contribution in [1.29, 1.82) is 0 Å². The minimum atomic E-state index is 0.526. The molecule has 0 atom stereocenters. The summed E-state index contributed by atoms with van der Waals surface area (Å²) in [6.07, 6.45) is 1.82. The Balaban J connectivity index is 2.33. The largest absolute Gasteiger partial charge is 0.255 e. The summed E-state index contributed by atoms with van der Waals surface area (Å²) in [5.74, 6) is 0.526. The Morgan fingerprint density at radius 1 is 1.31 bits per heavy atom. The molecule has 0 radical (unpaired) electrons. The van der Waals surface area contributed by atoms with Crippen molar-refractivity contribution >= 4 is 22.9 Å². The molecular formula is C10H8ClNS. The van der Waals surface area contributed by atoms with Crippen LogP contribution >= 0.6 is 22.9 Å². The lowest BCUT2D eigenvalue weighted by Crippen LogP contribution is -1.82. The van der Waals surface area contributed by atoms with Gasteiger partial charge >= 0.3 is 0 Å². The molecule has 1 nitrogen and oxygen atoms in total. The van der Waals surface area contributed by atoms with Crippen LogP contribution in [-0.4, -0.2) is 4.98 Å². The molecule has 0 N–H and O–H groups in total. The molecular weight excluding hydrogens is 202 g/mol. The number of hydrogen-bond acceptors (Lipinski definition) is 2. The molecule has 0 aliphatic heterocycles. The monoisotopic (exact) mass is 209 g/mol. The molecule has 0 aliphatic rings. The number of aromatic nitrogens is 1. The van der Waals surface area contributed by atoms with Gasteiger partial charge in [0.25, 0.3) is 0 Å². The van der Waals surface area contributed by atoms with Gasteiger partial charge in [-0.15, -0.1) is 22.9 Å². The van der Waals surface area contributed by atoms with E-state index in [0.29, 0.717) is 5.88 Å². The standard InChI is InChI=1S/C10H8ClNS/c11-6-8-3-4-9(12-7-8)10-2-1-5-13-10/h1-5,7H,6H2. The third kappa shape index (κ3) is 1.90. The van der Waals surface area contributed by atoms with Crippen molar-refractivity contribution in [2.24, 2.45) is 0 Å². The van der Waals surface area contributed by atoms with Gasteiger partial charge in [-0.1, -0.05) is 12.1 Å². The fraction of sp³-hybridized carbons (Fsp3) is 0.100. The minimum absolute atomic E-state index is 0.526. The molecule has 0 aliphatic carbocycles. The first-order chi connectivity index (χ1) is 6.40. The number of alkyl halides is 1. The van der Waals surface area contributed by atoms with E-state index in [1.54, 1.807) is 11.3 Å². The molecule has 13 heavy (non-hydrogen) atoms. The zero-order valence-electron chi connectivity index (χ0n) is 6.90. The van der Waals surface area contributed by atoms with Gasteiger partial charge < -0.3 is 0 Å². The first-order valence-electron chi connectivity index (χ1n) is 3.95. The molecule has 66 valence electrons. The molecule has 0 saturated carbocycles. The predicted octanol–water partition coefficient (Wildman–Crippen LogP) is 3.55. The van der Waals surface area contributed by atoms with Crippen LogP contribution in [0.15, 0.2) is 35.8 Å². The summed E-state index contributed by atoms with van der Waals surface area (Å²) in [4.78, 5) is 5.51. The summed E-state index contributed by atoms with van der Waals surface area (Å²) in [7, 11) is 0. The van der Waals surface area contributed by atoms with E-state index in [0.717, 1.165) is 11.3 Å². The third-order valence-corrected chi connectivity index (χ3v) is 2.95. The van der Waals surface area contributed by atoms with Gasteiger partial charge in [0.2, 0.25) is 0 Å². The van der Waals surface area contributed by atoms with Gasteiger partial charge in [0, 0.05) is 12.1 Å². The predicted molar refractivity (Wildman–Crippen MR) is 57.1 cm³/mol. The number of rotatable bonds is 2. The summed E-state index contributed by atoms with van der Waals surface area (Å²) >= 11 is 7.36. The van der Waals surface area contributed by atoms with Gasteiger partial charge in [-0.3, -0.25) is 4.98 Å². The molecule has 0 fully saturated rings. The minimum Gasteiger partial charge on any atom is -0.255 e. The van der Waals surface area contributed by atoms with E-state index in [9.17, 15) is 0 Å². The van der Waals surface area contributed by atoms with Crippen molar-refractivity contribution in [3.05, 3.63) is 41.4 Å². The second-order valence-electron chi connectivity index (χ2n) is 2.66. The quantitative estimate of drug-likeness (QED) is 0.690. The SMILES string of the molecule is ClCc1ccc(-c2cccs2)nc1. The van der Waals surface area contributed by atoms with Crippen LogP contribution in [0.4, 0.5) is 0 Å². The molecule has 2 aromatic heterocycles. The lowest BCUT2D eigenvalue weighted by molar-refractivity contribution is 1.26. The van der Waals surface area contributed by atoms with E-state index < -0.39 is 0 Å². The second-order valence-corrected chi connectivity index (χ2v) is 3.88. The van der Waals surface area contributed by atoms with Gasteiger partial charge in [-0.2, -0.15) is 0 Å². The Morgan fingerprint density at radius 2 is 2.23 bits per heavy atom. The van der Waals surface area contributed by atoms with Crippen LogP contribution in [0.25, 0.3) is 10.6 Å². The fourth-order valence-electron chi connectivity index (χ4n) is 1.07. The van der Waals surface area contributed by atoms with Gasteiger partial charge in [0.1, 0.15) is 0 Å². The first-order valence-corrected chi connectivity index (χ1v) is 5.36. The van der Waals surface area contributed by atoms with Crippen molar-refractivity contribution in [2.45, 2.75) is 5.88 Å². The maximum absolute atomic E-state index is 5.67. The summed E-state index contributed by atoms with van der Waals surface area (Å²) in [5, 5.41) is 2.05. The summed E-state index contributed by atoms with van der Waals surface area (Å²) < 4.78 is 0. The van der Waals surface area contributed by atoms with Crippen molar-refractivity contribution in [1.82, 2.24) is 4.98 Å². The maximum Gasteiger partial charge on any atom is 0.0801 e. The summed E-state index contributed by atoms with van der Waals surface area (Å²) in [6.45, 7) is 0. The third-order valence-electron chi connectivity index (χ3n) is 1.75. The Bertz CT molecular complexity index is 366. The van der Waals surface area contributed by atoms with E-state index in [1.165, 1.54) is 4.88 Å². The van der Waals surface area contributed by atoms with Crippen LogP contribution < -0.4 is 0 Å². The van der Waals surface area contributed by atoms with Crippen LogP contribution in [-0.2, 0) is 5.88 Å². The normalized spacial score (nSPS) is 10.2. The zero-order valence-corrected chi connectivity index (χ0v) is 8.48. The van der Waals surface area contributed by atoms with E-state index in [1.807, 2.05) is 29.8 Å². The molecule has 3 heteroatoms. The first kappa shape index (κ1) is 8.73. The van der Waals surface area contributed by atoms with Crippen LogP contribution in [0.2, 0.25) is 0 Å². The lowest BCUT2D eigenvalue weighted by atomic mass is 10.2. The van der Waals surface area contributed by atoms with Gasteiger partial charge in [-0.25, -0.2) is 0 Å². The highest BCUT2D eigenvalue weighted by atomic mass is 35.5. The van der Waals surface area contributed by atoms with Crippen molar-refractivity contribution in [2.75, 3.05) is 0 Å². The van der Waals surface area contributed by atoms with E-state index in [2.05, 4.69) is 11.1 Å². The lowest BCUT2D eigenvalue weighted by Gasteiger charge is -1.97. The van der Waals surface area contributed by atoms with Gasteiger partial charge in [-0.05, 0) is 23.1 Å². The summed E-state index contributed by atoms with van der Waals surface area (Å²) in [6, 6.07) is 8.10. The molecule has 0 bridgehead atoms. The fourth-order valence-corrected chi connectivity index (χ4v) is 1.93. The molecule has 2 rings (SSSR count). The number of halogens is 1. The highest BCUT2D eigenvalue weighted by Gasteiger charge is 1.99. The zero-order chi connectivity index (χ0) is 9.10. The van der Waals surface area contributed by atoms with Crippen molar-refractivity contribution < 1.29 is 0 Å². The molecule has 0 unspecified atom stereocenters. The highest BCUT2D eigenvalue weighted by molar-refractivity contribution is 7.13. The molecule has 0 amide bonds. The maximum atomic E-state index is 5.67. The second kappa shape index (κ2) is 3.90. The van der Waals surface area contributed by atoms with Crippen molar-refractivity contribution in [3.63, 3.8) is 0 Å². The van der Waals surface area contributed by atoms with Gasteiger partial charge in [0.05, 0.1) is 10.6 Å². The van der Waals surface area contributed by atoms with Crippen LogP contribution in [0.3, 0.4) is 0 Å². The number of pyridine rings is 1. The number of nitrogens with zero attached hydrogens (tertiary/aromatic N) is 1. The van der Waals surface area contributed by atoms with Crippen LogP contribution in [0.5, 0.6) is 0 Å². The van der Waals surface area contributed by atoms with E-state index in [4.69, 9.17) is 11.6 Å².